The summed E-state index contributed by atoms with van der Waals surface area (Å²) in [6.07, 6.45) is 4.16. The Morgan fingerprint density at radius 2 is 2.09 bits per heavy atom. The second-order valence-electron chi connectivity index (χ2n) is 5.92. The largest absolute Gasteiger partial charge is 0.490 e. The smallest absolute Gasteiger partial charge is 0.148 e. The molecule has 1 aromatic heterocycles. The molecule has 1 heterocycles. The van der Waals surface area contributed by atoms with Gasteiger partial charge in [-0.3, -0.25) is 0 Å². The van der Waals surface area contributed by atoms with Gasteiger partial charge >= 0.3 is 0 Å². The van der Waals surface area contributed by atoms with Gasteiger partial charge in [0.1, 0.15) is 11.5 Å². The first-order valence-electron chi connectivity index (χ1n) is 7.44. The van der Waals surface area contributed by atoms with E-state index in [1.165, 1.54) is 0 Å². The van der Waals surface area contributed by atoms with Crippen molar-refractivity contribution in [3.8, 4) is 5.75 Å². The van der Waals surface area contributed by atoms with Gasteiger partial charge in [-0.05, 0) is 61.2 Å². The summed E-state index contributed by atoms with van der Waals surface area (Å²) in [7, 11) is 0. The minimum Gasteiger partial charge on any atom is -0.490 e. The van der Waals surface area contributed by atoms with Crippen LogP contribution >= 0.6 is 28.1 Å². The molecule has 0 saturated heterocycles. The summed E-state index contributed by atoms with van der Waals surface area (Å²) < 4.78 is 12.3. The van der Waals surface area contributed by atoms with Crippen LogP contribution in [-0.4, -0.2) is 16.1 Å². The van der Waals surface area contributed by atoms with E-state index in [2.05, 4.69) is 21.1 Å². The predicted octanol–water partition coefficient (Wildman–Crippen LogP) is 5.18. The molecule has 1 aliphatic rings. The SMILES string of the molecule is Cc1c(C(=S)c2cnoc2C2CC2)ccc(Br)c1OC(C)C. The van der Waals surface area contributed by atoms with E-state index in [-0.39, 0.29) is 6.10 Å². The van der Waals surface area contributed by atoms with Crippen molar-refractivity contribution in [3.05, 3.63) is 45.3 Å². The first kappa shape index (κ1) is 15.7. The molecule has 1 aliphatic carbocycles. The quantitative estimate of drug-likeness (QED) is 0.529. The Morgan fingerprint density at radius 3 is 2.73 bits per heavy atom. The summed E-state index contributed by atoms with van der Waals surface area (Å²) in [6, 6.07) is 4.01. The number of aromatic nitrogens is 1. The lowest BCUT2D eigenvalue weighted by Gasteiger charge is -2.17. The van der Waals surface area contributed by atoms with Gasteiger partial charge in [0.05, 0.1) is 27.2 Å². The molecule has 5 heteroatoms. The average Bonchev–Trinajstić information content (AvgIpc) is 3.20. The van der Waals surface area contributed by atoms with Gasteiger partial charge < -0.3 is 9.26 Å². The number of ether oxygens (including phenoxy) is 1. The van der Waals surface area contributed by atoms with Gasteiger partial charge in [-0.2, -0.15) is 0 Å². The zero-order valence-corrected chi connectivity index (χ0v) is 15.3. The van der Waals surface area contributed by atoms with Gasteiger partial charge in [-0.25, -0.2) is 0 Å². The summed E-state index contributed by atoms with van der Waals surface area (Å²) in [5, 5.41) is 3.94. The third-order valence-corrected chi connectivity index (χ3v) is 4.81. The molecular formula is C17H18BrNO2S. The molecule has 1 fully saturated rings. The Balaban J connectivity index is 2.00. The summed E-state index contributed by atoms with van der Waals surface area (Å²) in [6.45, 7) is 6.07. The Bertz CT molecular complexity index is 719. The van der Waals surface area contributed by atoms with Crippen molar-refractivity contribution in [1.82, 2.24) is 5.16 Å². The van der Waals surface area contributed by atoms with Crippen molar-refractivity contribution in [1.29, 1.82) is 0 Å². The van der Waals surface area contributed by atoms with Gasteiger partial charge in [-0.15, -0.1) is 0 Å². The zero-order chi connectivity index (χ0) is 15.9. The molecule has 0 aliphatic heterocycles. The number of rotatable bonds is 5. The van der Waals surface area contributed by atoms with Gasteiger partial charge in [0.25, 0.3) is 0 Å². The van der Waals surface area contributed by atoms with Crippen LogP contribution in [0.4, 0.5) is 0 Å². The molecule has 22 heavy (non-hydrogen) atoms. The van der Waals surface area contributed by atoms with E-state index in [0.29, 0.717) is 5.92 Å². The van der Waals surface area contributed by atoms with Gasteiger partial charge in [0.2, 0.25) is 0 Å². The van der Waals surface area contributed by atoms with Crippen LogP contribution in [0.2, 0.25) is 0 Å². The van der Waals surface area contributed by atoms with Crippen LogP contribution in [0.5, 0.6) is 5.75 Å². The molecular weight excluding hydrogens is 362 g/mol. The minimum absolute atomic E-state index is 0.108. The van der Waals surface area contributed by atoms with Crippen molar-refractivity contribution in [3.63, 3.8) is 0 Å². The Hall–Kier alpha value is -1.20. The lowest BCUT2D eigenvalue weighted by Crippen LogP contribution is -2.10. The zero-order valence-electron chi connectivity index (χ0n) is 12.9. The predicted molar refractivity (Wildman–Crippen MR) is 93.9 cm³/mol. The van der Waals surface area contributed by atoms with Gasteiger partial charge in [0, 0.05) is 11.5 Å². The van der Waals surface area contributed by atoms with Crippen LogP contribution in [0.25, 0.3) is 0 Å². The highest BCUT2D eigenvalue weighted by molar-refractivity contribution is 9.10. The molecule has 116 valence electrons. The Kier molecular flexibility index (Phi) is 4.37. The van der Waals surface area contributed by atoms with Crippen LogP contribution in [0.15, 0.2) is 27.3 Å². The van der Waals surface area contributed by atoms with Crippen LogP contribution in [-0.2, 0) is 0 Å². The monoisotopic (exact) mass is 379 g/mol. The van der Waals surface area contributed by atoms with Gasteiger partial charge in [0.15, 0.2) is 0 Å². The number of halogens is 1. The highest BCUT2D eigenvalue weighted by Gasteiger charge is 2.32. The molecule has 1 aromatic carbocycles. The maximum atomic E-state index is 5.93. The van der Waals surface area contributed by atoms with Crippen molar-refractivity contribution in [2.75, 3.05) is 0 Å². The van der Waals surface area contributed by atoms with E-state index in [1.807, 2.05) is 32.9 Å². The lowest BCUT2D eigenvalue weighted by atomic mass is 9.99. The van der Waals surface area contributed by atoms with Gasteiger partial charge in [-0.1, -0.05) is 23.4 Å². The minimum atomic E-state index is 0.108. The highest BCUT2D eigenvalue weighted by atomic mass is 79.9. The number of thiocarbonyl (C=S) groups is 1. The molecule has 0 unspecified atom stereocenters. The molecule has 3 rings (SSSR count). The Morgan fingerprint density at radius 1 is 1.36 bits per heavy atom. The highest BCUT2D eigenvalue weighted by Crippen LogP contribution is 2.42. The third kappa shape index (κ3) is 2.97. The maximum Gasteiger partial charge on any atom is 0.148 e. The summed E-state index contributed by atoms with van der Waals surface area (Å²) in [5.74, 6) is 2.26. The normalized spacial score (nSPS) is 14.4. The van der Waals surface area contributed by atoms with Crippen molar-refractivity contribution in [2.24, 2.45) is 0 Å². The van der Waals surface area contributed by atoms with E-state index in [4.69, 9.17) is 21.5 Å². The summed E-state index contributed by atoms with van der Waals surface area (Å²) in [4.78, 5) is 0.779. The van der Waals surface area contributed by atoms with E-state index in [9.17, 15) is 0 Å². The molecule has 0 spiro atoms. The van der Waals surface area contributed by atoms with Crippen LogP contribution in [0.1, 0.15) is 55.1 Å². The maximum absolute atomic E-state index is 5.93. The molecule has 0 radical (unpaired) electrons. The van der Waals surface area contributed by atoms with Crippen LogP contribution in [0, 0.1) is 6.92 Å². The third-order valence-electron chi connectivity index (χ3n) is 3.75. The van der Waals surface area contributed by atoms with Crippen molar-refractivity contribution >= 4 is 33.0 Å². The fraction of sp³-hybridized carbons (Fsp3) is 0.412. The van der Waals surface area contributed by atoms with Crippen LogP contribution < -0.4 is 4.74 Å². The molecule has 1 saturated carbocycles. The topological polar surface area (TPSA) is 35.3 Å². The van der Waals surface area contributed by atoms with E-state index in [0.717, 1.165) is 50.4 Å². The molecule has 3 nitrogen and oxygen atoms in total. The second kappa shape index (κ2) is 6.13. The molecule has 0 amide bonds. The summed E-state index contributed by atoms with van der Waals surface area (Å²) in [5.41, 5.74) is 2.98. The van der Waals surface area contributed by atoms with E-state index >= 15 is 0 Å². The molecule has 0 atom stereocenters. The molecule has 0 bridgehead atoms. The number of benzene rings is 1. The molecule has 2 aromatic rings. The first-order valence-corrected chi connectivity index (χ1v) is 8.64. The van der Waals surface area contributed by atoms with Crippen molar-refractivity contribution < 1.29 is 9.26 Å². The van der Waals surface area contributed by atoms with E-state index in [1.54, 1.807) is 6.20 Å². The first-order chi connectivity index (χ1) is 10.5. The van der Waals surface area contributed by atoms with Crippen LogP contribution in [0.3, 0.4) is 0 Å². The second-order valence-corrected chi connectivity index (χ2v) is 7.19. The number of nitrogens with zero attached hydrogens (tertiary/aromatic N) is 1. The molecule has 0 N–H and O–H groups in total. The van der Waals surface area contributed by atoms with Crippen molar-refractivity contribution in [2.45, 2.75) is 45.6 Å². The summed E-state index contributed by atoms with van der Waals surface area (Å²) >= 11 is 9.26. The Labute approximate surface area is 144 Å². The lowest BCUT2D eigenvalue weighted by molar-refractivity contribution is 0.239. The standard InChI is InChI=1S/C17H18BrNO2S/c1-9(2)20-15-10(3)12(6-7-14(15)18)17(22)13-8-19-21-16(13)11-4-5-11/h6-9,11H,4-5H2,1-3H3. The number of hydrogen-bond acceptors (Lipinski definition) is 4. The number of hydrogen-bond donors (Lipinski definition) is 0. The fourth-order valence-corrected chi connectivity index (χ4v) is 3.39. The fourth-order valence-electron chi connectivity index (χ4n) is 2.49. The van der Waals surface area contributed by atoms with E-state index < -0.39 is 0 Å². The average molecular weight is 380 g/mol.